The number of ether oxygens (including phenoxy) is 1. The Morgan fingerprint density at radius 3 is 2.63 bits per heavy atom. The molecule has 1 amide bonds. The first-order chi connectivity index (χ1) is 9.17. The lowest BCUT2D eigenvalue weighted by Gasteiger charge is -2.07. The fraction of sp³-hybridized carbons (Fsp3) is 0.133. The summed E-state index contributed by atoms with van der Waals surface area (Å²) >= 11 is 0. The van der Waals surface area contributed by atoms with Gasteiger partial charge in [-0.3, -0.25) is 4.79 Å². The minimum Gasteiger partial charge on any atom is -0.497 e. The molecule has 4 nitrogen and oxygen atoms in total. The van der Waals surface area contributed by atoms with Gasteiger partial charge in [0.05, 0.1) is 13.5 Å². The molecular weight excluding hydrogens is 240 g/mol. The summed E-state index contributed by atoms with van der Waals surface area (Å²) in [7, 11) is 1.59. The summed E-state index contributed by atoms with van der Waals surface area (Å²) in [5.74, 6) is 0.642. The summed E-state index contributed by atoms with van der Waals surface area (Å²) in [5, 5.41) is 2.83. The summed E-state index contributed by atoms with van der Waals surface area (Å²) in [6.07, 6.45) is 0.317. The second kappa shape index (κ2) is 5.91. The molecule has 0 radical (unpaired) electrons. The van der Waals surface area contributed by atoms with Crippen LogP contribution in [0.3, 0.4) is 0 Å². The molecule has 0 heterocycles. The molecule has 2 rings (SSSR count). The van der Waals surface area contributed by atoms with Gasteiger partial charge in [0, 0.05) is 17.4 Å². The second-order valence-electron chi connectivity index (χ2n) is 4.20. The normalized spacial score (nSPS) is 9.95. The predicted molar refractivity (Wildman–Crippen MR) is 76.2 cm³/mol. The smallest absolute Gasteiger partial charge is 0.228 e. The predicted octanol–water partition coefficient (Wildman–Crippen LogP) is 2.46. The Labute approximate surface area is 112 Å². The zero-order valence-corrected chi connectivity index (χ0v) is 10.7. The Kier molecular flexibility index (Phi) is 4.03. The van der Waals surface area contributed by atoms with Crippen molar-refractivity contribution in [1.82, 2.24) is 0 Å². The molecule has 0 aliphatic heterocycles. The van der Waals surface area contributed by atoms with Gasteiger partial charge < -0.3 is 15.8 Å². The fourth-order valence-corrected chi connectivity index (χ4v) is 1.73. The number of nitrogens with two attached hydrogens (primary N) is 1. The lowest BCUT2D eigenvalue weighted by atomic mass is 10.1. The van der Waals surface area contributed by atoms with Crippen molar-refractivity contribution >= 4 is 17.3 Å². The van der Waals surface area contributed by atoms with Crippen LogP contribution in [0.4, 0.5) is 11.4 Å². The topological polar surface area (TPSA) is 64.3 Å². The van der Waals surface area contributed by atoms with Crippen LogP contribution in [0.25, 0.3) is 0 Å². The number of amides is 1. The van der Waals surface area contributed by atoms with E-state index >= 15 is 0 Å². The van der Waals surface area contributed by atoms with Gasteiger partial charge >= 0.3 is 0 Å². The van der Waals surface area contributed by atoms with Gasteiger partial charge in [0.15, 0.2) is 0 Å². The van der Waals surface area contributed by atoms with E-state index in [4.69, 9.17) is 10.5 Å². The number of nitrogens with one attached hydrogen (secondary N) is 1. The van der Waals surface area contributed by atoms with E-state index in [2.05, 4.69) is 5.32 Å². The SMILES string of the molecule is COc1cccc(NC(=O)Cc2ccc(N)cc2)c1. The number of nitrogen functional groups attached to an aromatic ring is 1. The van der Waals surface area contributed by atoms with Gasteiger partial charge in [-0.1, -0.05) is 18.2 Å². The van der Waals surface area contributed by atoms with Gasteiger partial charge in [-0.05, 0) is 29.8 Å². The van der Waals surface area contributed by atoms with Crippen LogP contribution >= 0.6 is 0 Å². The van der Waals surface area contributed by atoms with E-state index < -0.39 is 0 Å². The van der Waals surface area contributed by atoms with Gasteiger partial charge in [0.1, 0.15) is 5.75 Å². The van der Waals surface area contributed by atoms with Gasteiger partial charge in [-0.25, -0.2) is 0 Å². The van der Waals surface area contributed by atoms with Crippen molar-refractivity contribution in [2.75, 3.05) is 18.2 Å². The third-order valence-corrected chi connectivity index (χ3v) is 2.70. The molecule has 0 aromatic heterocycles. The zero-order valence-electron chi connectivity index (χ0n) is 10.7. The number of hydrogen-bond donors (Lipinski definition) is 2. The van der Waals surface area contributed by atoms with E-state index in [9.17, 15) is 4.79 Å². The van der Waals surface area contributed by atoms with Gasteiger partial charge in [-0.15, -0.1) is 0 Å². The number of methoxy groups -OCH3 is 1. The summed E-state index contributed by atoms with van der Waals surface area (Å²) in [5.41, 5.74) is 7.94. The molecule has 19 heavy (non-hydrogen) atoms. The monoisotopic (exact) mass is 256 g/mol. The van der Waals surface area contributed by atoms with Gasteiger partial charge in [0.25, 0.3) is 0 Å². The first kappa shape index (κ1) is 13.0. The number of benzene rings is 2. The van der Waals surface area contributed by atoms with Crippen molar-refractivity contribution in [2.24, 2.45) is 0 Å². The Morgan fingerprint density at radius 2 is 1.95 bits per heavy atom. The maximum Gasteiger partial charge on any atom is 0.228 e. The van der Waals surface area contributed by atoms with Crippen LogP contribution < -0.4 is 15.8 Å². The molecule has 3 N–H and O–H groups in total. The average molecular weight is 256 g/mol. The highest BCUT2D eigenvalue weighted by molar-refractivity contribution is 5.92. The first-order valence-corrected chi connectivity index (χ1v) is 5.96. The van der Waals surface area contributed by atoms with E-state index in [1.807, 2.05) is 30.3 Å². The Bertz CT molecular complexity index is 565. The molecule has 4 heteroatoms. The quantitative estimate of drug-likeness (QED) is 0.826. The summed E-state index contributed by atoms with van der Waals surface area (Å²) in [6.45, 7) is 0. The van der Waals surface area contributed by atoms with Crippen LogP contribution in [0.5, 0.6) is 5.75 Å². The molecule has 0 aliphatic carbocycles. The van der Waals surface area contributed by atoms with Crippen LogP contribution in [0, 0.1) is 0 Å². The fourth-order valence-electron chi connectivity index (χ4n) is 1.73. The van der Waals surface area contributed by atoms with Crippen molar-refractivity contribution in [3.8, 4) is 5.75 Å². The van der Waals surface area contributed by atoms with Gasteiger partial charge in [0.2, 0.25) is 5.91 Å². The molecule has 0 bridgehead atoms. The van der Waals surface area contributed by atoms with E-state index in [0.29, 0.717) is 17.9 Å². The molecule has 0 aliphatic rings. The molecule has 0 unspecified atom stereocenters. The summed E-state index contributed by atoms with van der Waals surface area (Å²) in [6, 6.07) is 14.5. The van der Waals surface area contributed by atoms with Crippen LogP contribution in [-0.2, 0) is 11.2 Å². The van der Waals surface area contributed by atoms with Crippen LogP contribution in [-0.4, -0.2) is 13.0 Å². The van der Waals surface area contributed by atoms with Crippen LogP contribution in [0.1, 0.15) is 5.56 Å². The highest BCUT2D eigenvalue weighted by Gasteiger charge is 2.04. The Balaban J connectivity index is 1.99. The molecule has 0 spiro atoms. The highest BCUT2D eigenvalue weighted by atomic mass is 16.5. The first-order valence-electron chi connectivity index (χ1n) is 5.96. The van der Waals surface area contributed by atoms with Crippen molar-refractivity contribution in [3.05, 3.63) is 54.1 Å². The molecule has 0 atom stereocenters. The summed E-state index contributed by atoms with van der Waals surface area (Å²) in [4.78, 5) is 11.9. The van der Waals surface area contributed by atoms with Crippen molar-refractivity contribution in [1.29, 1.82) is 0 Å². The van der Waals surface area contributed by atoms with Crippen molar-refractivity contribution in [2.45, 2.75) is 6.42 Å². The van der Waals surface area contributed by atoms with Crippen LogP contribution in [0.15, 0.2) is 48.5 Å². The lowest BCUT2D eigenvalue weighted by molar-refractivity contribution is -0.115. The second-order valence-corrected chi connectivity index (χ2v) is 4.20. The zero-order chi connectivity index (χ0) is 13.7. The molecule has 0 saturated carbocycles. The lowest BCUT2D eigenvalue weighted by Crippen LogP contribution is -2.14. The Morgan fingerprint density at radius 1 is 1.21 bits per heavy atom. The molecule has 2 aromatic rings. The highest BCUT2D eigenvalue weighted by Crippen LogP contribution is 2.17. The number of anilines is 2. The molecule has 2 aromatic carbocycles. The van der Waals surface area contributed by atoms with E-state index in [0.717, 1.165) is 11.3 Å². The number of carbonyl (C=O) groups excluding carboxylic acids is 1. The van der Waals surface area contributed by atoms with E-state index in [-0.39, 0.29) is 5.91 Å². The van der Waals surface area contributed by atoms with E-state index in [1.165, 1.54) is 0 Å². The number of carbonyl (C=O) groups is 1. The minimum absolute atomic E-state index is 0.0713. The minimum atomic E-state index is -0.0713. The van der Waals surface area contributed by atoms with Gasteiger partial charge in [-0.2, -0.15) is 0 Å². The molecule has 0 saturated heterocycles. The van der Waals surface area contributed by atoms with Crippen molar-refractivity contribution in [3.63, 3.8) is 0 Å². The van der Waals surface area contributed by atoms with Crippen LogP contribution in [0.2, 0.25) is 0 Å². The third kappa shape index (κ3) is 3.74. The largest absolute Gasteiger partial charge is 0.497 e. The summed E-state index contributed by atoms with van der Waals surface area (Å²) < 4.78 is 5.10. The molecular formula is C15H16N2O2. The number of hydrogen-bond acceptors (Lipinski definition) is 3. The Hall–Kier alpha value is -2.49. The third-order valence-electron chi connectivity index (χ3n) is 2.70. The van der Waals surface area contributed by atoms with E-state index in [1.54, 1.807) is 25.3 Å². The maximum absolute atomic E-state index is 11.9. The number of rotatable bonds is 4. The molecule has 98 valence electrons. The maximum atomic E-state index is 11.9. The molecule has 0 fully saturated rings. The van der Waals surface area contributed by atoms with Crippen molar-refractivity contribution < 1.29 is 9.53 Å². The standard InChI is InChI=1S/C15H16N2O2/c1-19-14-4-2-3-13(10-14)17-15(18)9-11-5-7-12(16)8-6-11/h2-8,10H,9,16H2,1H3,(H,17,18). The average Bonchev–Trinajstić information content (AvgIpc) is 2.41.